The molecule has 1 saturated heterocycles. The zero-order chi connectivity index (χ0) is 30.7. The molecule has 0 bridgehead atoms. The number of nitrogens with zero attached hydrogens (tertiary/aromatic N) is 5. The third-order valence-electron chi connectivity index (χ3n) is 6.37. The van der Waals surface area contributed by atoms with E-state index >= 15 is 0 Å². The molecule has 3 aromatic carbocycles. The topological polar surface area (TPSA) is 111 Å². The summed E-state index contributed by atoms with van der Waals surface area (Å²) in [5.41, 5.74) is 4.34. The Morgan fingerprint density at radius 3 is 2.35 bits per heavy atom. The van der Waals surface area contributed by atoms with Crippen LogP contribution in [0.2, 0.25) is 0 Å². The van der Waals surface area contributed by atoms with E-state index in [1.54, 1.807) is 31.4 Å². The monoisotopic (exact) mass is 610 g/mol. The van der Waals surface area contributed by atoms with Crippen LogP contribution < -0.4 is 19.7 Å². The Kier molecular flexibility index (Phi) is 8.39. The van der Waals surface area contributed by atoms with Crippen LogP contribution in [0.25, 0.3) is 17.1 Å². The summed E-state index contributed by atoms with van der Waals surface area (Å²) in [5.74, 6) is 0.773. The quantitative estimate of drug-likeness (QED) is 0.281. The number of hydrogen-bond acceptors (Lipinski definition) is 7. The SMILES string of the molecule is COc1cc(C)c(N2C(=O)CS/C2=N\C(=O)NCc2ccc(-c3ncn(-c4ccc(OC(F)(F)F)cc4)n3)cc2)c(C)c1. The van der Waals surface area contributed by atoms with Gasteiger partial charge in [0.05, 0.1) is 24.2 Å². The number of rotatable bonds is 7. The second kappa shape index (κ2) is 12.2. The number of benzene rings is 3. The van der Waals surface area contributed by atoms with Crippen molar-refractivity contribution in [2.45, 2.75) is 26.8 Å². The highest BCUT2D eigenvalue weighted by atomic mass is 32.2. The Morgan fingerprint density at radius 1 is 1.05 bits per heavy atom. The molecule has 0 radical (unpaired) electrons. The van der Waals surface area contributed by atoms with Gasteiger partial charge < -0.3 is 14.8 Å². The second-order valence-corrected chi connectivity index (χ2v) is 10.4. The number of carbonyl (C=O) groups excluding carboxylic acids is 2. The maximum atomic E-state index is 12.7. The Balaban J connectivity index is 1.22. The van der Waals surface area contributed by atoms with Gasteiger partial charge >= 0.3 is 12.4 Å². The lowest BCUT2D eigenvalue weighted by molar-refractivity contribution is -0.274. The van der Waals surface area contributed by atoms with Crippen LogP contribution in [-0.4, -0.2) is 51.1 Å². The molecular weight excluding hydrogens is 585 g/mol. The summed E-state index contributed by atoms with van der Waals surface area (Å²) in [4.78, 5) is 35.3. The summed E-state index contributed by atoms with van der Waals surface area (Å²) >= 11 is 1.20. The van der Waals surface area contributed by atoms with Crippen LogP contribution in [0.15, 0.2) is 72.0 Å². The van der Waals surface area contributed by atoms with E-state index in [0.29, 0.717) is 33.7 Å². The number of nitrogens with one attached hydrogen (secondary N) is 1. The third-order valence-corrected chi connectivity index (χ3v) is 7.29. The number of anilines is 1. The van der Waals surface area contributed by atoms with Gasteiger partial charge in [-0.15, -0.1) is 18.3 Å². The number of alkyl halides is 3. The molecule has 0 saturated carbocycles. The summed E-state index contributed by atoms with van der Waals surface area (Å²) in [6.45, 7) is 3.94. The van der Waals surface area contributed by atoms with Crippen molar-refractivity contribution in [3.63, 3.8) is 0 Å². The number of amidine groups is 1. The van der Waals surface area contributed by atoms with Gasteiger partial charge in [0.15, 0.2) is 11.0 Å². The first-order valence-electron chi connectivity index (χ1n) is 12.9. The van der Waals surface area contributed by atoms with Gasteiger partial charge in [0.25, 0.3) is 0 Å². The van der Waals surface area contributed by atoms with Crippen LogP contribution in [-0.2, 0) is 11.3 Å². The molecule has 14 heteroatoms. The Hall–Kier alpha value is -4.85. The highest BCUT2D eigenvalue weighted by molar-refractivity contribution is 8.15. The maximum absolute atomic E-state index is 12.7. The zero-order valence-electron chi connectivity index (χ0n) is 23.2. The molecule has 4 aromatic rings. The minimum atomic E-state index is -4.77. The fourth-order valence-corrected chi connectivity index (χ4v) is 5.30. The summed E-state index contributed by atoms with van der Waals surface area (Å²) < 4.78 is 47.8. The lowest BCUT2D eigenvalue weighted by Crippen LogP contribution is -2.32. The number of aryl methyl sites for hydroxylation is 2. The van der Waals surface area contributed by atoms with E-state index < -0.39 is 12.4 Å². The fourth-order valence-electron chi connectivity index (χ4n) is 4.45. The first-order valence-corrected chi connectivity index (χ1v) is 13.8. The lowest BCUT2D eigenvalue weighted by atomic mass is 10.1. The molecule has 1 aliphatic rings. The zero-order valence-corrected chi connectivity index (χ0v) is 24.0. The van der Waals surface area contributed by atoms with Gasteiger partial charge in [-0.2, -0.15) is 4.99 Å². The molecule has 3 amide bonds. The number of carbonyl (C=O) groups is 2. The van der Waals surface area contributed by atoms with E-state index in [1.165, 1.54) is 51.9 Å². The number of methoxy groups -OCH3 is 1. The first kappa shape index (κ1) is 29.6. The lowest BCUT2D eigenvalue weighted by Gasteiger charge is -2.21. The standard InChI is InChI=1S/C29H25F3N6O4S/c1-17-12-23(41-3)13-18(2)25(17)38-24(39)15-43-28(38)35-27(40)33-14-19-4-6-20(7-5-19)26-34-16-37(36-26)21-8-10-22(11-9-21)42-29(30,31)32/h4-13,16H,14-15H2,1-3H3,(H,33,40)/b35-28-. The Bertz CT molecular complexity index is 1660. The van der Waals surface area contributed by atoms with E-state index in [2.05, 4.69) is 25.1 Å². The molecule has 1 aliphatic heterocycles. The van der Waals surface area contributed by atoms with E-state index in [9.17, 15) is 22.8 Å². The predicted molar refractivity (Wildman–Crippen MR) is 156 cm³/mol. The van der Waals surface area contributed by atoms with Crippen molar-refractivity contribution < 1.29 is 32.2 Å². The van der Waals surface area contributed by atoms with E-state index in [0.717, 1.165) is 16.7 Å². The summed E-state index contributed by atoms with van der Waals surface area (Å²) in [6.07, 6.45) is -3.32. The van der Waals surface area contributed by atoms with Crippen molar-refractivity contribution in [3.8, 4) is 28.6 Å². The minimum absolute atomic E-state index is 0.160. The summed E-state index contributed by atoms with van der Waals surface area (Å²) in [6, 6.07) is 15.5. The van der Waals surface area contributed by atoms with Crippen molar-refractivity contribution in [3.05, 3.63) is 83.7 Å². The largest absolute Gasteiger partial charge is 0.573 e. The summed E-state index contributed by atoms with van der Waals surface area (Å²) in [7, 11) is 1.58. The van der Waals surface area contributed by atoms with Crippen LogP contribution in [0.3, 0.4) is 0 Å². The number of aliphatic imine (C=N–C) groups is 1. The van der Waals surface area contributed by atoms with E-state index in [4.69, 9.17) is 4.74 Å². The fraction of sp³-hybridized carbons (Fsp3) is 0.207. The normalized spacial score (nSPS) is 14.3. The number of urea groups is 1. The molecule has 0 unspecified atom stereocenters. The predicted octanol–water partition coefficient (Wildman–Crippen LogP) is 5.80. The molecule has 1 N–H and O–H groups in total. The number of halogens is 3. The van der Waals surface area contributed by atoms with Gasteiger partial charge in [-0.05, 0) is 66.9 Å². The average Bonchev–Trinajstić information content (AvgIpc) is 3.59. The molecule has 5 rings (SSSR count). The van der Waals surface area contributed by atoms with Crippen LogP contribution in [0.4, 0.5) is 23.7 Å². The van der Waals surface area contributed by atoms with Crippen molar-refractivity contribution >= 4 is 34.6 Å². The van der Waals surface area contributed by atoms with Gasteiger partial charge in [0.2, 0.25) is 5.91 Å². The molecule has 1 fully saturated rings. The smallest absolute Gasteiger partial charge is 0.497 e. The second-order valence-electron chi connectivity index (χ2n) is 9.43. The Morgan fingerprint density at radius 2 is 1.72 bits per heavy atom. The number of amides is 3. The van der Waals surface area contributed by atoms with Gasteiger partial charge in [0.1, 0.15) is 17.8 Å². The number of ether oxygens (including phenoxy) is 2. The van der Waals surface area contributed by atoms with Gasteiger partial charge in [-0.3, -0.25) is 9.69 Å². The molecule has 0 spiro atoms. The van der Waals surface area contributed by atoms with E-state index in [-0.39, 0.29) is 24.0 Å². The maximum Gasteiger partial charge on any atom is 0.573 e. The van der Waals surface area contributed by atoms with Gasteiger partial charge in [0, 0.05) is 12.1 Å². The first-order chi connectivity index (χ1) is 20.5. The molecule has 2 heterocycles. The highest BCUT2D eigenvalue weighted by Gasteiger charge is 2.33. The molecule has 10 nitrogen and oxygen atoms in total. The van der Waals surface area contributed by atoms with Crippen molar-refractivity contribution in [2.24, 2.45) is 4.99 Å². The van der Waals surface area contributed by atoms with Crippen molar-refractivity contribution in [1.29, 1.82) is 0 Å². The molecule has 43 heavy (non-hydrogen) atoms. The molecule has 1 aromatic heterocycles. The molecule has 222 valence electrons. The third kappa shape index (κ3) is 6.97. The minimum Gasteiger partial charge on any atom is -0.497 e. The molecule has 0 atom stereocenters. The van der Waals surface area contributed by atoms with Crippen LogP contribution in [0.5, 0.6) is 11.5 Å². The number of aromatic nitrogens is 3. The van der Waals surface area contributed by atoms with Crippen molar-refractivity contribution in [2.75, 3.05) is 17.8 Å². The molecular formula is C29H25F3N6O4S. The number of hydrogen-bond donors (Lipinski definition) is 1. The van der Waals surface area contributed by atoms with Crippen molar-refractivity contribution in [1.82, 2.24) is 20.1 Å². The van der Waals surface area contributed by atoms with Crippen LogP contribution in [0.1, 0.15) is 16.7 Å². The van der Waals surface area contributed by atoms with Crippen LogP contribution in [0, 0.1) is 13.8 Å². The van der Waals surface area contributed by atoms with Gasteiger partial charge in [-0.25, -0.2) is 14.5 Å². The average molecular weight is 611 g/mol. The number of thioether (sulfide) groups is 1. The van der Waals surface area contributed by atoms with Crippen LogP contribution >= 0.6 is 11.8 Å². The Labute approximate surface area is 248 Å². The van der Waals surface area contributed by atoms with E-state index in [1.807, 2.05) is 26.0 Å². The molecule has 0 aliphatic carbocycles. The highest BCUT2D eigenvalue weighted by Crippen LogP contribution is 2.35. The van der Waals surface area contributed by atoms with Gasteiger partial charge in [-0.1, -0.05) is 36.0 Å². The summed E-state index contributed by atoms with van der Waals surface area (Å²) in [5, 5.41) is 7.44.